The number of carbonyl (C=O) groups is 1. The van der Waals surface area contributed by atoms with Crippen LogP contribution in [0.1, 0.15) is 6.92 Å². The summed E-state index contributed by atoms with van der Waals surface area (Å²) in [7, 11) is 1.27. The van der Waals surface area contributed by atoms with E-state index in [9.17, 15) is 4.79 Å². The summed E-state index contributed by atoms with van der Waals surface area (Å²) < 4.78 is 4.31. The minimum absolute atomic E-state index is 0.420. The van der Waals surface area contributed by atoms with Gasteiger partial charge in [0.05, 0.1) is 7.11 Å². The Morgan fingerprint density at radius 1 is 1.80 bits per heavy atom. The van der Waals surface area contributed by atoms with Crippen molar-refractivity contribution in [1.29, 1.82) is 0 Å². The van der Waals surface area contributed by atoms with Gasteiger partial charge in [-0.15, -0.1) is 0 Å². The molecule has 1 N–H and O–H groups in total. The summed E-state index contributed by atoms with van der Waals surface area (Å²) in [4.78, 5) is 10.5. The average molecular weight is 164 g/mol. The Hall–Kier alpha value is -0.220. The number of hydrogen-bond acceptors (Lipinski definition) is 4. The Morgan fingerprint density at radius 2 is 2.40 bits per heavy atom. The van der Waals surface area contributed by atoms with Gasteiger partial charge in [-0.05, 0) is 5.75 Å². The van der Waals surface area contributed by atoms with Gasteiger partial charge in [-0.2, -0.15) is 11.8 Å². The molecule has 0 fully saturated rings. The first-order valence-corrected chi connectivity index (χ1v) is 4.21. The van der Waals surface area contributed by atoms with E-state index in [1.807, 2.05) is 6.92 Å². The summed E-state index contributed by atoms with van der Waals surface area (Å²) in [5.74, 6) is 0.762. The Morgan fingerprint density at radius 3 is 2.80 bits per heavy atom. The molecule has 0 aromatic rings. The highest BCUT2D eigenvalue weighted by molar-refractivity contribution is 7.99. The molecule has 0 bridgehead atoms. The Bertz CT molecular complexity index is 105. The van der Waals surface area contributed by atoms with Gasteiger partial charge in [-0.3, -0.25) is 0 Å². The fraction of sp³-hybridized carbons (Fsp3) is 0.833. The number of methoxy groups -OCH3 is 1. The van der Waals surface area contributed by atoms with Crippen molar-refractivity contribution in [2.75, 3.05) is 18.6 Å². The molecule has 0 aliphatic carbocycles. The van der Waals surface area contributed by atoms with E-state index in [4.69, 9.17) is 5.11 Å². The van der Waals surface area contributed by atoms with Gasteiger partial charge in [-0.25, -0.2) is 4.79 Å². The van der Waals surface area contributed by atoms with E-state index in [1.165, 1.54) is 18.9 Å². The summed E-state index contributed by atoms with van der Waals surface area (Å²) in [6.45, 7) is 1.97. The molecule has 0 amide bonds. The highest BCUT2D eigenvalue weighted by atomic mass is 32.2. The molecule has 0 aromatic heterocycles. The van der Waals surface area contributed by atoms with E-state index in [0.29, 0.717) is 5.75 Å². The number of thioether (sulfide) groups is 1. The van der Waals surface area contributed by atoms with Crippen molar-refractivity contribution in [1.82, 2.24) is 0 Å². The molecular weight excluding hydrogens is 152 g/mol. The first kappa shape index (κ1) is 9.78. The van der Waals surface area contributed by atoms with Crippen molar-refractivity contribution in [2.45, 2.75) is 13.0 Å². The predicted molar refractivity (Wildman–Crippen MR) is 41.0 cm³/mol. The van der Waals surface area contributed by atoms with Crippen LogP contribution in [0.4, 0.5) is 0 Å². The first-order chi connectivity index (χ1) is 4.72. The van der Waals surface area contributed by atoms with Gasteiger partial charge in [0.25, 0.3) is 0 Å². The molecule has 4 heteroatoms. The lowest BCUT2D eigenvalue weighted by Gasteiger charge is -2.05. The summed E-state index contributed by atoms with van der Waals surface area (Å²) >= 11 is 1.51. The molecule has 1 unspecified atom stereocenters. The smallest absolute Gasteiger partial charge is 0.335 e. The summed E-state index contributed by atoms with van der Waals surface area (Å²) in [5.41, 5.74) is 0. The van der Waals surface area contributed by atoms with Crippen molar-refractivity contribution >= 4 is 17.7 Å². The number of ether oxygens (including phenoxy) is 1. The lowest BCUT2D eigenvalue weighted by Crippen LogP contribution is -2.24. The third-order valence-corrected chi connectivity index (χ3v) is 1.91. The zero-order valence-corrected chi connectivity index (χ0v) is 6.98. The number of esters is 1. The fourth-order valence-electron chi connectivity index (χ4n) is 0.434. The molecule has 60 valence electrons. The number of aliphatic hydroxyl groups excluding tert-OH is 1. The topological polar surface area (TPSA) is 46.5 Å². The van der Waals surface area contributed by atoms with E-state index < -0.39 is 12.1 Å². The van der Waals surface area contributed by atoms with Gasteiger partial charge in [-0.1, -0.05) is 6.92 Å². The predicted octanol–water partition coefficient (Wildman–Crippen LogP) is 0.273. The van der Waals surface area contributed by atoms with Crippen molar-refractivity contribution in [3.05, 3.63) is 0 Å². The second-order valence-electron chi connectivity index (χ2n) is 1.70. The van der Waals surface area contributed by atoms with Crippen molar-refractivity contribution in [3.8, 4) is 0 Å². The van der Waals surface area contributed by atoms with E-state index in [1.54, 1.807) is 0 Å². The molecule has 0 saturated carbocycles. The van der Waals surface area contributed by atoms with Crippen LogP contribution in [0.3, 0.4) is 0 Å². The number of hydrogen-bond donors (Lipinski definition) is 1. The van der Waals surface area contributed by atoms with Gasteiger partial charge in [0.2, 0.25) is 0 Å². The molecule has 0 aliphatic rings. The van der Waals surface area contributed by atoms with Crippen LogP contribution in [0.2, 0.25) is 0 Å². The molecule has 0 saturated heterocycles. The SMILES string of the molecule is CCSCC(O)C(=O)OC. The van der Waals surface area contributed by atoms with Crippen LogP contribution in [-0.2, 0) is 9.53 Å². The average Bonchev–Trinajstić information content (AvgIpc) is 1.98. The van der Waals surface area contributed by atoms with Crippen molar-refractivity contribution < 1.29 is 14.6 Å². The zero-order valence-electron chi connectivity index (χ0n) is 6.16. The molecule has 3 nitrogen and oxygen atoms in total. The van der Waals surface area contributed by atoms with E-state index >= 15 is 0 Å². The van der Waals surface area contributed by atoms with Gasteiger partial charge in [0, 0.05) is 5.75 Å². The molecule has 0 spiro atoms. The van der Waals surface area contributed by atoms with Crippen molar-refractivity contribution in [3.63, 3.8) is 0 Å². The summed E-state index contributed by atoms with van der Waals surface area (Å²) in [6, 6.07) is 0. The van der Waals surface area contributed by atoms with Gasteiger partial charge in [0.1, 0.15) is 0 Å². The molecular formula is C6H12O3S. The van der Waals surface area contributed by atoms with Gasteiger partial charge >= 0.3 is 5.97 Å². The molecule has 10 heavy (non-hydrogen) atoms. The standard InChI is InChI=1S/C6H12O3S/c1-3-10-4-5(7)6(8)9-2/h5,7H,3-4H2,1-2H3. The Kier molecular flexibility index (Phi) is 5.43. The zero-order chi connectivity index (χ0) is 7.98. The Labute approximate surface area is 64.8 Å². The lowest BCUT2D eigenvalue weighted by molar-refractivity contribution is -0.149. The number of rotatable bonds is 4. The fourth-order valence-corrected chi connectivity index (χ4v) is 1.03. The molecule has 0 aromatic carbocycles. The highest BCUT2D eigenvalue weighted by Crippen LogP contribution is 2.02. The number of carbonyl (C=O) groups excluding carboxylic acids is 1. The van der Waals surface area contributed by atoms with Crippen LogP contribution >= 0.6 is 11.8 Å². The van der Waals surface area contributed by atoms with E-state index in [0.717, 1.165) is 5.75 Å². The van der Waals surface area contributed by atoms with Crippen LogP contribution in [0.15, 0.2) is 0 Å². The third kappa shape index (κ3) is 3.74. The molecule has 0 aliphatic heterocycles. The molecule has 0 rings (SSSR count). The highest BCUT2D eigenvalue weighted by Gasteiger charge is 2.13. The Balaban J connectivity index is 3.41. The van der Waals surface area contributed by atoms with Crippen LogP contribution < -0.4 is 0 Å². The molecule has 1 atom stereocenters. The maximum atomic E-state index is 10.5. The van der Waals surface area contributed by atoms with Crippen molar-refractivity contribution in [2.24, 2.45) is 0 Å². The van der Waals surface area contributed by atoms with Crippen LogP contribution in [-0.4, -0.2) is 35.8 Å². The van der Waals surface area contributed by atoms with E-state index in [-0.39, 0.29) is 0 Å². The molecule has 0 heterocycles. The first-order valence-electron chi connectivity index (χ1n) is 3.06. The van der Waals surface area contributed by atoms with Gasteiger partial charge < -0.3 is 9.84 Å². The lowest BCUT2D eigenvalue weighted by atomic mass is 10.4. The van der Waals surface area contributed by atoms with Crippen LogP contribution in [0.5, 0.6) is 0 Å². The third-order valence-electron chi connectivity index (χ3n) is 0.953. The van der Waals surface area contributed by atoms with E-state index in [2.05, 4.69) is 4.74 Å². The normalized spacial score (nSPS) is 12.7. The second-order valence-corrected chi connectivity index (χ2v) is 3.02. The van der Waals surface area contributed by atoms with Crippen LogP contribution in [0, 0.1) is 0 Å². The maximum Gasteiger partial charge on any atom is 0.335 e. The maximum absolute atomic E-state index is 10.5. The summed E-state index contributed by atoms with van der Waals surface area (Å²) in [6.07, 6.45) is -0.963. The quantitative estimate of drug-likeness (QED) is 0.606. The number of aliphatic hydroxyl groups is 1. The molecule has 0 radical (unpaired) electrons. The minimum atomic E-state index is -0.963. The largest absolute Gasteiger partial charge is 0.467 e. The van der Waals surface area contributed by atoms with Crippen LogP contribution in [0.25, 0.3) is 0 Å². The monoisotopic (exact) mass is 164 g/mol. The second kappa shape index (κ2) is 5.56. The summed E-state index contributed by atoms with van der Waals surface area (Å²) in [5, 5.41) is 8.95. The minimum Gasteiger partial charge on any atom is -0.467 e. The van der Waals surface area contributed by atoms with Gasteiger partial charge in [0.15, 0.2) is 6.10 Å².